The number of methoxy groups -OCH3 is 3. The second-order valence-electron chi connectivity index (χ2n) is 5.91. The molecule has 0 aliphatic carbocycles. The van der Waals surface area contributed by atoms with Crippen molar-refractivity contribution in [3.05, 3.63) is 61.1 Å². The zero-order chi connectivity index (χ0) is 18.8. The Balaban J connectivity index is 1.86. The summed E-state index contributed by atoms with van der Waals surface area (Å²) in [4.78, 5) is 9.02. The highest BCUT2D eigenvalue weighted by Gasteiger charge is 2.12. The molecule has 4 aromatic rings. The first-order chi connectivity index (χ1) is 13.2. The van der Waals surface area contributed by atoms with E-state index in [-0.39, 0.29) is 0 Å². The van der Waals surface area contributed by atoms with E-state index >= 15 is 0 Å². The van der Waals surface area contributed by atoms with E-state index in [4.69, 9.17) is 14.2 Å². The number of nitrogens with zero attached hydrogens (tertiary/aromatic N) is 3. The van der Waals surface area contributed by atoms with Crippen LogP contribution in [-0.2, 0) is 0 Å². The first-order valence-electron chi connectivity index (χ1n) is 8.44. The van der Waals surface area contributed by atoms with E-state index in [1.54, 1.807) is 33.9 Å². The highest BCUT2D eigenvalue weighted by Crippen LogP contribution is 2.32. The van der Waals surface area contributed by atoms with Gasteiger partial charge in [-0.15, -0.1) is 0 Å². The van der Waals surface area contributed by atoms with Crippen molar-refractivity contribution >= 4 is 11.0 Å². The van der Waals surface area contributed by atoms with Crippen LogP contribution in [0.25, 0.3) is 28.0 Å². The zero-order valence-electron chi connectivity index (χ0n) is 15.3. The fourth-order valence-electron chi connectivity index (χ4n) is 3.10. The monoisotopic (exact) mass is 361 g/mol. The summed E-state index contributed by atoms with van der Waals surface area (Å²) in [6.07, 6.45) is 3.55. The smallest absolute Gasteiger partial charge is 0.162 e. The maximum Gasteiger partial charge on any atom is 0.162 e. The standard InChI is InChI=1S/C21H19N3O3/c1-25-19-7-5-4-6-15(19)16-11-18-17(12-22-16)23-13-24(18)14-8-9-20(26-2)21(10-14)27-3/h4-13H,1-3H3. The second-order valence-corrected chi connectivity index (χ2v) is 5.91. The first kappa shape index (κ1) is 16.9. The third-order valence-corrected chi connectivity index (χ3v) is 4.46. The van der Waals surface area contributed by atoms with Crippen molar-refractivity contribution in [2.75, 3.05) is 21.3 Å². The average molecular weight is 361 g/mol. The van der Waals surface area contributed by atoms with Gasteiger partial charge < -0.3 is 14.2 Å². The largest absolute Gasteiger partial charge is 0.496 e. The van der Waals surface area contributed by atoms with Crippen LogP contribution in [0.4, 0.5) is 0 Å². The summed E-state index contributed by atoms with van der Waals surface area (Å²) in [6, 6.07) is 15.6. The van der Waals surface area contributed by atoms with Crippen LogP contribution < -0.4 is 14.2 Å². The Morgan fingerprint density at radius 2 is 1.56 bits per heavy atom. The number of hydrogen-bond donors (Lipinski definition) is 0. The van der Waals surface area contributed by atoms with Crippen molar-refractivity contribution in [1.82, 2.24) is 14.5 Å². The molecular formula is C21H19N3O3. The van der Waals surface area contributed by atoms with Gasteiger partial charge >= 0.3 is 0 Å². The van der Waals surface area contributed by atoms with Crippen LogP contribution in [-0.4, -0.2) is 35.9 Å². The van der Waals surface area contributed by atoms with Gasteiger partial charge in [0.1, 0.15) is 17.6 Å². The lowest BCUT2D eigenvalue weighted by molar-refractivity contribution is 0.355. The number of rotatable bonds is 5. The van der Waals surface area contributed by atoms with Gasteiger partial charge in [0.25, 0.3) is 0 Å². The Morgan fingerprint density at radius 1 is 0.778 bits per heavy atom. The molecule has 0 saturated carbocycles. The van der Waals surface area contributed by atoms with Gasteiger partial charge in [0, 0.05) is 11.6 Å². The number of ether oxygens (including phenoxy) is 3. The first-order valence-corrected chi connectivity index (χ1v) is 8.44. The Hall–Kier alpha value is -3.54. The minimum Gasteiger partial charge on any atom is -0.496 e. The molecule has 0 atom stereocenters. The molecule has 2 heterocycles. The van der Waals surface area contributed by atoms with E-state index in [9.17, 15) is 0 Å². The van der Waals surface area contributed by atoms with Crippen LogP contribution in [0.2, 0.25) is 0 Å². The van der Waals surface area contributed by atoms with Crippen molar-refractivity contribution in [2.45, 2.75) is 0 Å². The molecule has 0 saturated heterocycles. The molecule has 0 spiro atoms. The molecule has 136 valence electrons. The Labute approximate surface area is 157 Å². The molecule has 0 radical (unpaired) electrons. The van der Waals surface area contributed by atoms with Crippen LogP contribution in [0.5, 0.6) is 17.2 Å². The lowest BCUT2D eigenvalue weighted by Gasteiger charge is -2.11. The number of aromatic nitrogens is 3. The summed E-state index contributed by atoms with van der Waals surface area (Å²) in [7, 11) is 4.90. The summed E-state index contributed by atoms with van der Waals surface area (Å²) in [5, 5.41) is 0. The summed E-state index contributed by atoms with van der Waals surface area (Å²) >= 11 is 0. The molecule has 0 fully saturated rings. The van der Waals surface area contributed by atoms with Crippen molar-refractivity contribution in [2.24, 2.45) is 0 Å². The fraction of sp³-hybridized carbons (Fsp3) is 0.143. The van der Waals surface area contributed by atoms with Crippen LogP contribution in [0.15, 0.2) is 61.1 Å². The van der Waals surface area contributed by atoms with Crippen molar-refractivity contribution in [3.8, 4) is 34.2 Å². The molecule has 0 N–H and O–H groups in total. The lowest BCUT2D eigenvalue weighted by atomic mass is 10.1. The molecule has 27 heavy (non-hydrogen) atoms. The van der Waals surface area contributed by atoms with Gasteiger partial charge in [-0.2, -0.15) is 0 Å². The molecule has 6 nitrogen and oxygen atoms in total. The van der Waals surface area contributed by atoms with Crippen LogP contribution in [0.3, 0.4) is 0 Å². The summed E-state index contributed by atoms with van der Waals surface area (Å²) < 4.78 is 18.2. The molecular weight excluding hydrogens is 342 g/mol. The minimum absolute atomic E-state index is 0.663. The Bertz CT molecular complexity index is 1100. The molecule has 2 aromatic carbocycles. The van der Waals surface area contributed by atoms with Gasteiger partial charge in [0.05, 0.1) is 44.4 Å². The Morgan fingerprint density at radius 3 is 2.33 bits per heavy atom. The quantitative estimate of drug-likeness (QED) is 0.535. The third kappa shape index (κ3) is 2.95. The van der Waals surface area contributed by atoms with Gasteiger partial charge in [0.15, 0.2) is 11.5 Å². The van der Waals surface area contributed by atoms with Crippen molar-refractivity contribution in [3.63, 3.8) is 0 Å². The van der Waals surface area contributed by atoms with Crippen molar-refractivity contribution in [1.29, 1.82) is 0 Å². The number of fused-ring (bicyclic) bond motifs is 1. The lowest BCUT2D eigenvalue weighted by Crippen LogP contribution is -1.96. The molecule has 0 bridgehead atoms. The zero-order valence-corrected chi connectivity index (χ0v) is 15.3. The minimum atomic E-state index is 0.663. The van der Waals surface area contributed by atoms with Gasteiger partial charge in [-0.3, -0.25) is 9.55 Å². The molecule has 0 unspecified atom stereocenters. The Kier molecular flexibility index (Phi) is 4.38. The second kappa shape index (κ2) is 6.99. The number of imidazole rings is 1. The SMILES string of the molecule is COc1ccc(-n2cnc3cnc(-c4ccccc4OC)cc32)cc1OC. The van der Waals surface area contributed by atoms with E-state index < -0.39 is 0 Å². The number of pyridine rings is 1. The number of hydrogen-bond acceptors (Lipinski definition) is 5. The van der Waals surface area contributed by atoms with E-state index in [0.29, 0.717) is 11.5 Å². The average Bonchev–Trinajstić information content (AvgIpc) is 3.16. The third-order valence-electron chi connectivity index (χ3n) is 4.46. The van der Waals surface area contributed by atoms with E-state index in [1.807, 2.05) is 53.1 Å². The van der Waals surface area contributed by atoms with E-state index in [0.717, 1.165) is 33.7 Å². The van der Waals surface area contributed by atoms with Gasteiger partial charge in [0.2, 0.25) is 0 Å². The predicted octanol–water partition coefficient (Wildman–Crippen LogP) is 4.11. The molecule has 4 rings (SSSR count). The van der Waals surface area contributed by atoms with Gasteiger partial charge in [-0.05, 0) is 30.3 Å². The van der Waals surface area contributed by atoms with Crippen LogP contribution in [0.1, 0.15) is 0 Å². The number of benzene rings is 2. The molecule has 0 aliphatic heterocycles. The fourth-order valence-corrected chi connectivity index (χ4v) is 3.10. The highest BCUT2D eigenvalue weighted by atomic mass is 16.5. The van der Waals surface area contributed by atoms with E-state index in [2.05, 4.69) is 9.97 Å². The molecule has 0 aliphatic rings. The topological polar surface area (TPSA) is 58.4 Å². The molecule has 6 heteroatoms. The van der Waals surface area contributed by atoms with Gasteiger partial charge in [-0.1, -0.05) is 12.1 Å². The normalized spacial score (nSPS) is 10.8. The molecule has 0 amide bonds. The van der Waals surface area contributed by atoms with Gasteiger partial charge in [-0.25, -0.2) is 4.98 Å². The summed E-state index contributed by atoms with van der Waals surface area (Å²) in [5.74, 6) is 2.12. The van der Waals surface area contributed by atoms with Crippen molar-refractivity contribution < 1.29 is 14.2 Å². The molecule has 2 aromatic heterocycles. The maximum atomic E-state index is 5.47. The predicted molar refractivity (Wildman–Crippen MR) is 104 cm³/mol. The summed E-state index contributed by atoms with van der Waals surface area (Å²) in [5.41, 5.74) is 4.43. The van der Waals surface area contributed by atoms with E-state index in [1.165, 1.54) is 0 Å². The van der Waals surface area contributed by atoms with Crippen LogP contribution >= 0.6 is 0 Å². The number of para-hydroxylation sites is 1. The maximum absolute atomic E-state index is 5.47. The summed E-state index contributed by atoms with van der Waals surface area (Å²) in [6.45, 7) is 0. The highest BCUT2D eigenvalue weighted by molar-refractivity contribution is 5.82. The van der Waals surface area contributed by atoms with Crippen LogP contribution in [0, 0.1) is 0 Å².